The number of halogens is 1. The normalized spacial score (nSPS) is 15.8. The minimum Gasteiger partial charge on any atom is -0.486 e. The molecule has 104 valence electrons. The van der Waals surface area contributed by atoms with Crippen LogP contribution in [0.5, 0.6) is 5.75 Å². The maximum atomic E-state index is 10.9. The van der Waals surface area contributed by atoms with Gasteiger partial charge in [0.25, 0.3) is 0 Å². The second-order valence-electron chi connectivity index (χ2n) is 5.36. The minimum absolute atomic E-state index is 0.147. The molecule has 1 N–H and O–H groups in total. The Morgan fingerprint density at radius 2 is 2.15 bits per heavy atom. The molecule has 0 saturated carbocycles. The van der Waals surface area contributed by atoms with Crippen LogP contribution in [0.15, 0.2) is 22.7 Å². The summed E-state index contributed by atoms with van der Waals surface area (Å²) in [6, 6.07) is 4.90. The van der Waals surface area contributed by atoms with E-state index in [-0.39, 0.29) is 11.3 Å². The van der Waals surface area contributed by atoms with Crippen LogP contribution in [-0.4, -0.2) is 21.8 Å². The van der Waals surface area contributed by atoms with Crippen molar-refractivity contribution in [1.82, 2.24) is 5.16 Å². The third-order valence-electron chi connectivity index (χ3n) is 3.12. The number of hydrogen-bond donors (Lipinski definition) is 1. The topological polar surface area (TPSA) is 72.6 Å². The summed E-state index contributed by atoms with van der Waals surface area (Å²) in [6.07, 6.45) is 0.732. The fourth-order valence-corrected chi connectivity index (χ4v) is 2.60. The zero-order valence-corrected chi connectivity index (χ0v) is 11.7. The van der Waals surface area contributed by atoms with Gasteiger partial charge in [0.1, 0.15) is 11.4 Å². The average molecular weight is 294 g/mol. The zero-order chi connectivity index (χ0) is 14.5. The number of carboxylic acids is 1. The second-order valence-corrected chi connectivity index (χ2v) is 5.80. The number of carbonyl (C=O) groups is 1. The predicted molar refractivity (Wildman–Crippen MR) is 72.3 cm³/mol. The molecule has 2 heterocycles. The van der Waals surface area contributed by atoms with Crippen molar-refractivity contribution in [2.75, 3.05) is 0 Å². The lowest BCUT2D eigenvalue weighted by atomic mass is 10.00. The maximum absolute atomic E-state index is 10.9. The van der Waals surface area contributed by atoms with Gasteiger partial charge in [0.05, 0.1) is 5.56 Å². The van der Waals surface area contributed by atoms with Crippen molar-refractivity contribution in [3.63, 3.8) is 0 Å². The van der Waals surface area contributed by atoms with E-state index in [0.29, 0.717) is 22.1 Å². The van der Waals surface area contributed by atoms with Crippen LogP contribution in [0.2, 0.25) is 5.02 Å². The van der Waals surface area contributed by atoms with Gasteiger partial charge in [0.2, 0.25) is 0 Å². The molecule has 0 spiro atoms. The first-order valence-corrected chi connectivity index (χ1v) is 6.45. The van der Waals surface area contributed by atoms with Crippen LogP contribution in [-0.2, 0) is 6.42 Å². The van der Waals surface area contributed by atoms with Crippen LogP contribution in [0.3, 0.4) is 0 Å². The highest BCUT2D eigenvalue weighted by atomic mass is 35.5. The molecule has 1 aliphatic heterocycles. The first-order valence-electron chi connectivity index (χ1n) is 6.07. The van der Waals surface area contributed by atoms with Gasteiger partial charge in [0.15, 0.2) is 11.5 Å². The van der Waals surface area contributed by atoms with E-state index in [9.17, 15) is 4.79 Å². The molecule has 0 fully saturated rings. The van der Waals surface area contributed by atoms with Crippen molar-refractivity contribution >= 4 is 17.6 Å². The molecule has 0 aliphatic carbocycles. The number of ether oxygens (including phenoxy) is 1. The van der Waals surface area contributed by atoms with Gasteiger partial charge in [-0.3, -0.25) is 0 Å². The fraction of sp³-hybridized carbons (Fsp3) is 0.286. The van der Waals surface area contributed by atoms with Crippen LogP contribution in [0.25, 0.3) is 11.3 Å². The Morgan fingerprint density at radius 3 is 2.80 bits per heavy atom. The quantitative estimate of drug-likeness (QED) is 0.918. The van der Waals surface area contributed by atoms with Crippen LogP contribution < -0.4 is 4.74 Å². The molecule has 6 heteroatoms. The molecule has 2 aromatic rings. The van der Waals surface area contributed by atoms with Crippen molar-refractivity contribution in [2.24, 2.45) is 0 Å². The Labute approximate surface area is 120 Å². The third kappa shape index (κ3) is 2.14. The summed E-state index contributed by atoms with van der Waals surface area (Å²) in [6.45, 7) is 3.96. The van der Waals surface area contributed by atoms with Gasteiger partial charge in [0, 0.05) is 23.1 Å². The van der Waals surface area contributed by atoms with Gasteiger partial charge in [-0.1, -0.05) is 16.8 Å². The number of carboxylic acid groups (broad SMARTS) is 1. The number of rotatable bonds is 2. The molecule has 20 heavy (non-hydrogen) atoms. The molecule has 5 nitrogen and oxygen atoms in total. The molecule has 3 rings (SSSR count). The molecule has 0 radical (unpaired) electrons. The van der Waals surface area contributed by atoms with Gasteiger partial charge >= 0.3 is 5.97 Å². The largest absolute Gasteiger partial charge is 0.486 e. The van der Waals surface area contributed by atoms with E-state index >= 15 is 0 Å². The van der Waals surface area contributed by atoms with Crippen molar-refractivity contribution in [3.05, 3.63) is 34.5 Å². The number of aromatic carboxylic acids is 1. The summed E-state index contributed by atoms with van der Waals surface area (Å²) in [5, 5.41) is 13.0. The minimum atomic E-state index is -1.14. The van der Waals surface area contributed by atoms with Crippen molar-refractivity contribution < 1.29 is 19.2 Å². The average Bonchev–Trinajstić information content (AvgIpc) is 2.90. The van der Waals surface area contributed by atoms with E-state index in [1.165, 1.54) is 6.07 Å². The predicted octanol–water partition coefficient (Wildman–Crippen LogP) is 3.41. The number of aromatic nitrogens is 1. The highest BCUT2D eigenvalue weighted by Gasteiger charge is 2.33. The Bertz CT molecular complexity index is 705. The van der Waals surface area contributed by atoms with Crippen LogP contribution in [0, 0.1) is 0 Å². The van der Waals surface area contributed by atoms with E-state index < -0.39 is 5.97 Å². The molecule has 0 bridgehead atoms. The molecule has 1 aromatic heterocycles. The Hall–Kier alpha value is -2.01. The van der Waals surface area contributed by atoms with E-state index in [1.807, 2.05) is 19.9 Å². The Kier molecular flexibility index (Phi) is 2.76. The monoisotopic (exact) mass is 293 g/mol. The third-order valence-corrected chi connectivity index (χ3v) is 3.34. The van der Waals surface area contributed by atoms with Gasteiger partial charge < -0.3 is 14.4 Å². The molecule has 1 aliphatic rings. The van der Waals surface area contributed by atoms with E-state index in [2.05, 4.69) is 5.16 Å². The van der Waals surface area contributed by atoms with Crippen molar-refractivity contribution in [3.8, 4) is 17.1 Å². The highest BCUT2D eigenvalue weighted by molar-refractivity contribution is 6.31. The standard InChI is InChI=1S/C14H12ClNO4/c1-14(2)6-7-3-8(15)4-9(12(7)19-14)11-5-10(13(17)18)16-20-11/h3-5H,6H2,1-2H3,(H,17,18). The highest BCUT2D eigenvalue weighted by Crippen LogP contribution is 2.44. The number of hydrogen-bond acceptors (Lipinski definition) is 4. The molecule has 0 amide bonds. The van der Waals surface area contributed by atoms with Crippen LogP contribution in [0.1, 0.15) is 29.9 Å². The van der Waals surface area contributed by atoms with E-state index in [0.717, 1.165) is 12.0 Å². The first-order chi connectivity index (χ1) is 9.35. The van der Waals surface area contributed by atoms with Crippen LogP contribution >= 0.6 is 11.6 Å². The lowest BCUT2D eigenvalue weighted by molar-refractivity contribution is 0.0686. The van der Waals surface area contributed by atoms with Crippen molar-refractivity contribution in [2.45, 2.75) is 25.9 Å². The van der Waals surface area contributed by atoms with Crippen molar-refractivity contribution in [1.29, 1.82) is 0 Å². The summed E-state index contributed by atoms with van der Waals surface area (Å²) in [4.78, 5) is 10.9. The SMILES string of the molecule is CC1(C)Cc2cc(Cl)cc(-c3cc(C(=O)O)no3)c2O1. The van der Waals surface area contributed by atoms with Gasteiger partial charge in [-0.25, -0.2) is 4.79 Å². The molecule has 0 saturated heterocycles. The molecule has 0 atom stereocenters. The lowest BCUT2D eigenvalue weighted by Crippen LogP contribution is -2.24. The van der Waals surface area contributed by atoms with E-state index in [1.54, 1.807) is 6.07 Å². The van der Waals surface area contributed by atoms with E-state index in [4.69, 9.17) is 26.0 Å². The number of nitrogens with zero attached hydrogens (tertiary/aromatic N) is 1. The summed E-state index contributed by atoms with van der Waals surface area (Å²) in [5.41, 5.74) is 1.13. The molecule has 0 unspecified atom stereocenters. The van der Waals surface area contributed by atoms with Crippen LogP contribution in [0.4, 0.5) is 0 Å². The Morgan fingerprint density at radius 1 is 1.40 bits per heavy atom. The summed E-state index contributed by atoms with van der Waals surface area (Å²) < 4.78 is 11.0. The van der Waals surface area contributed by atoms with Gasteiger partial charge in [-0.05, 0) is 26.0 Å². The fourth-order valence-electron chi connectivity index (χ4n) is 2.36. The summed E-state index contributed by atoms with van der Waals surface area (Å²) >= 11 is 6.11. The summed E-state index contributed by atoms with van der Waals surface area (Å²) in [7, 11) is 0. The number of benzene rings is 1. The van der Waals surface area contributed by atoms with Gasteiger partial charge in [-0.15, -0.1) is 0 Å². The summed E-state index contributed by atoms with van der Waals surface area (Å²) in [5.74, 6) is -0.133. The number of fused-ring (bicyclic) bond motifs is 1. The molecule has 1 aromatic carbocycles. The smallest absolute Gasteiger partial charge is 0.358 e. The molecular weight excluding hydrogens is 282 g/mol. The Balaban J connectivity index is 2.13. The lowest BCUT2D eigenvalue weighted by Gasteiger charge is -2.17. The van der Waals surface area contributed by atoms with Gasteiger partial charge in [-0.2, -0.15) is 0 Å². The first kappa shape index (κ1) is 13.0. The molecular formula is C14H12ClNO4. The maximum Gasteiger partial charge on any atom is 0.358 e. The zero-order valence-electron chi connectivity index (χ0n) is 10.9. The second kappa shape index (κ2) is 4.24.